The maximum absolute atomic E-state index is 9.81. The molecule has 0 radical (unpaired) electrons. The first-order valence-corrected chi connectivity index (χ1v) is 5.29. The van der Waals surface area contributed by atoms with E-state index in [0.717, 1.165) is 18.8 Å². The Morgan fingerprint density at radius 3 is 2.73 bits per heavy atom. The Bertz CT molecular complexity index is 346. The molecule has 2 rings (SSSR count). The normalized spacial score (nSPS) is 26.6. The second-order valence-electron chi connectivity index (χ2n) is 4.76. The van der Waals surface area contributed by atoms with Gasteiger partial charge in [-0.25, -0.2) is 0 Å². The molecular formula is C10H17N3O2. The fourth-order valence-electron chi connectivity index (χ4n) is 1.70. The predicted molar refractivity (Wildman–Crippen MR) is 55.8 cm³/mol. The Morgan fingerprint density at radius 1 is 1.53 bits per heavy atom. The van der Waals surface area contributed by atoms with Crippen molar-refractivity contribution in [2.75, 3.05) is 18.0 Å². The van der Waals surface area contributed by atoms with Crippen LogP contribution in [0, 0.1) is 0 Å². The fourth-order valence-corrected chi connectivity index (χ4v) is 1.70. The molecule has 1 aliphatic heterocycles. The van der Waals surface area contributed by atoms with Gasteiger partial charge < -0.3 is 14.5 Å². The summed E-state index contributed by atoms with van der Waals surface area (Å²) in [6.45, 7) is 7.20. The molecule has 5 heteroatoms. The van der Waals surface area contributed by atoms with Gasteiger partial charge in [0.2, 0.25) is 0 Å². The van der Waals surface area contributed by atoms with Crippen LogP contribution in [0.4, 0.5) is 6.01 Å². The van der Waals surface area contributed by atoms with Gasteiger partial charge in [-0.15, -0.1) is 0 Å². The second-order valence-corrected chi connectivity index (χ2v) is 4.76. The van der Waals surface area contributed by atoms with Gasteiger partial charge in [0.15, 0.2) is 5.82 Å². The van der Waals surface area contributed by atoms with Crippen LogP contribution in [0.25, 0.3) is 0 Å². The summed E-state index contributed by atoms with van der Waals surface area (Å²) >= 11 is 0. The van der Waals surface area contributed by atoms with E-state index in [1.165, 1.54) is 0 Å². The molecule has 0 aliphatic carbocycles. The van der Waals surface area contributed by atoms with Crippen molar-refractivity contribution < 1.29 is 9.63 Å². The third kappa shape index (κ3) is 2.12. The third-order valence-corrected chi connectivity index (χ3v) is 2.67. The molecular weight excluding hydrogens is 194 g/mol. The summed E-state index contributed by atoms with van der Waals surface area (Å²) in [4.78, 5) is 6.22. The number of hydrogen-bond acceptors (Lipinski definition) is 5. The Morgan fingerprint density at radius 2 is 2.27 bits per heavy atom. The second kappa shape index (κ2) is 3.48. The van der Waals surface area contributed by atoms with Crippen LogP contribution in [0.5, 0.6) is 0 Å². The van der Waals surface area contributed by atoms with E-state index in [4.69, 9.17) is 4.52 Å². The van der Waals surface area contributed by atoms with Crippen molar-refractivity contribution in [3.8, 4) is 0 Å². The lowest BCUT2D eigenvalue weighted by molar-refractivity contribution is 0.0835. The average Bonchev–Trinajstić information content (AvgIpc) is 2.70. The molecule has 1 saturated heterocycles. The molecule has 1 atom stereocenters. The molecule has 1 aromatic rings. The molecule has 1 aliphatic rings. The highest BCUT2D eigenvalue weighted by Crippen LogP contribution is 2.25. The molecule has 1 fully saturated rings. The predicted octanol–water partition coefficient (Wildman–Crippen LogP) is 1.15. The number of hydrogen-bond donors (Lipinski definition) is 1. The lowest BCUT2D eigenvalue weighted by Gasteiger charge is -2.16. The number of anilines is 1. The van der Waals surface area contributed by atoms with Crippen LogP contribution in [-0.2, 0) is 0 Å². The number of aromatic nitrogens is 2. The van der Waals surface area contributed by atoms with Gasteiger partial charge >= 0.3 is 6.01 Å². The zero-order valence-corrected chi connectivity index (χ0v) is 9.40. The first-order chi connectivity index (χ1) is 6.98. The van der Waals surface area contributed by atoms with Gasteiger partial charge in [-0.3, -0.25) is 0 Å². The molecule has 2 heterocycles. The standard InChI is InChI=1S/C10H17N3O2/c1-7(2)8-11-9(15-12-8)13-5-4-10(3,14)6-13/h7,14H,4-6H2,1-3H3. The van der Waals surface area contributed by atoms with E-state index >= 15 is 0 Å². The van der Waals surface area contributed by atoms with Crippen LogP contribution >= 0.6 is 0 Å². The van der Waals surface area contributed by atoms with Crippen LogP contribution in [0.1, 0.15) is 38.9 Å². The van der Waals surface area contributed by atoms with E-state index in [-0.39, 0.29) is 5.92 Å². The molecule has 1 aromatic heterocycles. The molecule has 5 nitrogen and oxygen atoms in total. The van der Waals surface area contributed by atoms with Crippen LogP contribution < -0.4 is 4.90 Å². The lowest BCUT2D eigenvalue weighted by atomic mass is 10.1. The largest absolute Gasteiger partial charge is 0.388 e. The summed E-state index contributed by atoms with van der Waals surface area (Å²) in [6, 6.07) is 0.525. The minimum atomic E-state index is -0.632. The topological polar surface area (TPSA) is 62.4 Å². The minimum absolute atomic E-state index is 0.269. The zero-order chi connectivity index (χ0) is 11.1. The van der Waals surface area contributed by atoms with E-state index in [1.54, 1.807) is 0 Å². The van der Waals surface area contributed by atoms with Crippen molar-refractivity contribution in [1.82, 2.24) is 10.1 Å². The van der Waals surface area contributed by atoms with Crippen molar-refractivity contribution in [2.45, 2.75) is 38.7 Å². The molecule has 0 aromatic carbocycles. The van der Waals surface area contributed by atoms with Gasteiger partial charge in [0, 0.05) is 12.5 Å². The summed E-state index contributed by atoms with van der Waals surface area (Å²) in [7, 11) is 0. The van der Waals surface area contributed by atoms with Crippen LogP contribution in [0.2, 0.25) is 0 Å². The van der Waals surface area contributed by atoms with E-state index < -0.39 is 5.60 Å². The van der Waals surface area contributed by atoms with Crippen LogP contribution in [-0.4, -0.2) is 33.9 Å². The SMILES string of the molecule is CC(C)c1noc(N2CCC(C)(O)C2)n1. The summed E-state index contributed by atoms with van der Waals surface area (Å²) in [5.74, 6) is 0.988. The van der Waals surface area contributed by atoms with Crippen molar-refractivity contribution in [2.24, 2.45) is 0 Å². The molecule has 1 N–H and O–H groups in total. The first-order valence-electron chi connectivity index (χ1n) is 5.29. The Kier molecular flexibility index (Phi) is 2.42. The zero-order valence-electron chi connectivity index (χ0n) is 9.40. The first kappa shape index (κ1) is 10.4. The molecule has 0 saturated carbocycles. The van der Waals surface area contributed by atoms with Gasteiger partial charge in [0.25, 0.3) is 0 Å². The highest BCUT2D eigenvalue weighted by Gasteiger charge is 2.33. The van der Waals surface area contributed by atoms with Crippen molar-refractivity contribution in [1.29, 1.82) is 0 Å². The molecule has 0 spiro atoms. The minimum Gasteiger partial charge on any atom is -0.388 e. The molecule has 0 bridgehead atoms. The van der Waals surface area contributed by atoms with Crippen molar-refractivity contribution in [3.05, 3.63) is 5.82 Å². The lowest BCUT2D eigenvalue weighted by Crippen LogP contribution is -2.29. The highest BCUT2D eigenvalue weighted by atomic mass is 16.5. The third-order valence-electron chi connectivity index (χ3n) is 2.67. The van der Waals surface area contributed by atoms with Crippen molar-refractivity contribution >= 4 is 6.01 Å². The summed E-state index contributed by atoms with van der Waals surface area (Å²) in [5.41, 5.74) is -0.632. The monoisotopic (exact) mass is 211 g/mol. The maximum Gasteiger partial charge on any atom is 0.324 e. The summed E-state index contributed by atoms with van der Waals surface area (Å²) in [6.07, 6.45) is 0.742. The van der Waals surface area contributed by atoms with E-state index in [1.807, 2.05) is 25.7 Å². The highest BCUT2D eigenvalue weighted by molar-refractivity contribution is 5.29. The maximum atomic E-state index is 9.81. The molecule has 0 amide bonds. The van der Waals surface area contributed by atoms with Crippen LogP contribution in [0.3, 0.4) is 0 Å². The van der Waals surface area contributed by atoms with Gasteiger partial charge in [0.05, 0.1) is 12.1 Å². The molecule has 84 valence electrons. The Hall–Kier alpha value is -1.10. The number of rotatable bonds is 2. The van der Waals surface area contributed by atoms with Crippen molar-refractivity contribution in [3.63, 3.8) is 0 Å². The van der Waals surface area contributed by atoms with E-state index in [2.05, 4.69) is 10.1 Å². The number of β-amino-alcohol motifs (C(OH)–C–C–N with tert-alkyl or cyclic N) is 1. The number of aliphatic hydroxyl groups is 1. The average molecular weight is 211 g/mol. The van der Waals surface area contributed by atoms with Gasteiger partial charge in [-0.2, -0.15) is 4.98 Å². The smallest absolute Gasteiger partial charge is 0.324 e. The molecule has 15 heavy (non-hydrogen) atoms. The van der Waals surface area contributed by atoms with Gasteiger partial charge in [-0.1, -0.05) is 19.0 Å². The van der Waals surface area contributed by atoms with E-state index in [9.17, 15) is 5.11 Å². The molecule has 1 unspecified atom stereocenters. The number of nitrogens with zero attached hydrogens (tertiary/aromatic N) is 3. The summed E-state index contributed by atoms with van der Waals surface area (Å²) < 4.78 is 5.16. The summed E-state index contributed by atoms with van der Waals surface area (Å²) in [5, 5.41) is 13.7. The van der Waals surface area contributed by atoms with E-state index in [0.29, 0.717) is 12.6 Å². The Labute approximate surface area is 89.1 Å². The fraction of sp³-hybridized carbons (Fsp3) is 0.800. The Balaban J connectivity index is 2.11. The van der Waals surface area contributed by atoms with Gasteiger partial charge in [0.1, 0.15) is 0 Å². The quantitative estimate of drug-likeness (QED) is 0.795. The van der Waals surface area contributed by atoms with Gasteiger partial charge in [-0.05, 0) is 13.3 Å². The van der Waals surface area contributed by atoms with Crippen LogP contribution in [0.15, 0.2) is 4.52 Å².